The van der Waals surface area contributed by atoms with Gasteiger partial charge in [-0.05, 0) is 13.3 Å². The molecule has 0 saturated carbocycles. The van der Waals surface area contributed by atoms with Crippen LogP contribution in [0.1, 0.15) is 20.3 Å². The van der Waals surface area contributed by atoms with E-state index in [0.717, 1.165) is 0 Å². The zero-order chi connectivity index (χ0) is 10.7. The molecule has 0 radical (unpaired) electrons. The van der Waals surface area contributed by atoms with Crippen LogP contribution in [-0.2, 0) is 9.59 Å². The van der Waals surface area contributed by atoms with Crippen molar-refractivity contribution in [2.75, 3.05) is 13.1 Å². The van der Waals surface area contributed by atoms with Crippen LogP contribution < -0.4 is 11.1 Å². The fourth-order valence-electron chi connectivity index (χ4n) is 1.65. The summed E-state index contributed by atoms with van der Waals surface area (Å²) in [7, 11) is 0. The van der Waals surface area contributed by atoms with Gasteiger partial charge >= 0.3 is 0 Å². The van der Waals surface area contributed by atoms with Crippen molar-refractivity contribution in [2.45, 2.75) is 32.4 Å². The summed E-state index contributed by atoms with van der Waals surface area (Å²) in [5, 5.41) is 2.73. The molecule has 3 N–H and O–H groups in total. The molecule has 5 heteroatoms. The third-order valence-electron chi connectivity index (χ3n) is 2.39. The highest BCUT2D eigenvalue weighted by Gasteiger charge is 2.32. The predicted octanol–water partition coefficient (Wildman–Crippen LogP) is -0.929. The molecule has 0 aromatic carbocycles. The molecule has 0 aromatic rings. The molecule has 1 aliphatic heterocycles. The second kappa shape index (κ2) is 4.41. The van der Waals surface area contributed by atoms with Gasteiger partial charge in [-0.25, -0.2) is 0 Å². The normalized spacial score (nSPS) is 24.4. The number of hydrogen-bond acceptors (Lipinski definition) is 3. The molecule has 1 unspecified atom stereocenters. The Kier molecular flexibility index (Phi) is 3.46. The third kappa shape index (κ3) is 2.04. The summed E-state index contributed by atoms with van der Waals surface area (Å²) >= 11 is 0. The van der Waals surface area contributed by atoms with E-state index in [4.69, 9.17) is 5.73 Å². The van der Waals surface area contributed by atoms with Gasteiger partial charge in [0.25, 0.3) is 0 Å². The van der Waals surface area contributed by atoms with Crippen LogP contribution in [-0.4, -0.2) is 41.9 Å². The van der Waals surface area contributed by atoms with Gasteiger partial charge in [0.1, 0.15) is 6.04 Å². The Bertz CT molecular complexity index is 240. The van der Waals surface area contributed by atoms with Crippen molar-refractivity contribution < 1.29 is 9.59 Å². The number of carbonyl (C=O) groups is 2. The monoisotopic (exact) mass is 199 g/mol. The van der Waals surface area contributed by atoms with E-state index in [9.17, 15) is 9.59 Å². The largest absolute Gasteiger partial charge is 0.353 e. The van der Waals surface area contributed by atoms with Gasteiger partial charge in [0.2, 0.25) is 11.8 Å². The average molecular weight is 199 g/mol. The average Bonchev–Trinajstić information content (AvgIpc) is 2.16. The van der Waals surface area contributed by atoms with Crippen LogP contribution in [0.2, 0.25) is 0 Å². The maximum absolute atomic E-state index is 11.6. The highest BCUT2D eigenvalue weighted by atomic mass is 16.2. The van der Waals surface area contributed by atoms with Gasteiger partial charge in [0, 0.05) is 13.1 Å². The number of rotatable bonds is 2. The number of nitrogens with two attached hydrogens (primary N) is 1. The standard InChI is InChI=1S/C9H17N3O2/c1-3-7-8(13)11-4-5-12(7)9(14)6(2)10/h6-7H,3-5,10H2,1-2H3,(H,11,13)/t6-,7?/m1/s1. The summed E-state index contributed by atoms with van der Waals surface area (Å²) in [6, 6.07) is -0.878. The summed E-state index contributed by atoms with van der Waals surface area (Å²) in [4.78, 5) is 24.6. The molecule has 1 heterocycles. The number of nitrogens with one attached hydrogen (secondary N) is 1. The molecule has 2 atom stereocenters. The van der Waals surface area contributed by atoms with Crippen LogP contribution in [0.5, 0.6) is 0 Å². The molecule has 80 valence electrons. The summed E-state index contributed by atoms with van der Waals surface area (Å²) in [5.74, 6) is -0.223. The van der Waals surface area contributed by atoms with Crippen molar-refractivity contribution in [2.24, 2.45) is 5.73 Å². The summed E-state index contributed by atoms with van der Waals surface area (Å²) < 4.78 is 0. The van der Waals surface area contributed by atoms with E-state index in [1.54, 1.807) is 11.8 Å². The van der Waals surface area contributed by atoms with E-state index in [2.05, 4.69) is 5.32 Å². The SMILES string of the molecule is CCC1C(=O)NCCN1C(=O)[C@@H](C)N. The van der Waals surface area contributed by atoms with Crippen LogP contribution in [0.15, 0.2) is 0 Å². The van der Waals surface area contributed by atoms with Gasteiger partial charge in [-0.1, -0.05) is 6.92 Å². The first-order valence-corrected chi connectivity index (χ1v) is 4.91. The lowest BCUT2D eigenvalue weighted by Crippen LogP contribution is -2.59. The zero-order valence-corrected chi connectivity index (χ0v) is 8.62. The Labute approximate surface area is 83.6 Å². The smallest absolute Gasteiger partial charge is 0.242 e. The van der Waals surface area contributed by atoms with Gasteiger partial charge in [0.05, 0.1) is 6.04 Å². The molecule has 1 aliphatic rings. The Morgan fingerprint density at radius 2 is 2.43 bits per heavy atom. The minimum Gasteiger partial charge on any atom is -0.353 e. The van der Waals surface area contributed by atoms with Gasteiger partial charge < -0.3 is 16.0 Å². The van der Waals surface area contributed by atoms with Crippen molar-refractivity contribution in [1.82, 2.24) is 10.2 Å². The lowest BCUT2D eigenvalue weighted by Gasteiger charge is -2.35. The first-order valence-electron chi connectivity index (χ1n) is 4.91. The van der Waals surface area contributed by atoms with Crippen LogP contribution >= 0.6 is 0 Å². The van der Waals surface area contributed by atoms with Crippen molar-refractivity contribution in [3.63, 3.8) is 0 Å². The molecule has 5 nitrogen and oxygen atoms in total. The topological polar surface area (TPSA) is 75.4 Å². The van der Waals surface area contributed by atoms with Crippen LogP contribution in [0.4, 0.5) is 0 Å². The fourth-order valence-corrected chi connectivity index (χ4v) is 1.65. The molecule has 1 rings (SSSR count). The maximum atomic E-state index is 11.6. The second-order valence-corrected chi connectivity index (χ2v) is 3.54. The van der Waals surface area contributed by atoms with Crippen molar-refractivity contribution in [3.05, 3.63) is 0 Å². The summed E-state index contributed by atoms with van der Waals surface area (Å²) in [6.45, 7) is 4.61. The maximum Gasteiger partial charge on any atom is 0.242 e. The van der Waals surface area contributed by atoms with Crippen molar-refractivity contribution in [3.8, 4) is 0 Å². The number of carbonyl (C=O) groups excluding carboxylic acids is 2. The zero-order valence-electron chi connectivity index (χ0n) is 8.62. The molecular weight excluding hydrogens is 182 g/mol. The molecule has 0 spiro atoms. The van der Waals surface area contributed by atoms with E-state index in [0.29, 0.717) is 19.5 Å². The Balaban J connectivity index is 2.74. The predicted molar refractivity (Wildman–Crippen MR) is 52.5 cm³/mol. The first-order chi connectivity index (χ1) is 6.57. The second-order valence-electron chi connectivity index (χ2n) is 3.54. The fraction of sp³-hybridized carbons (Fsp3) is 0.778. The lowest BCUT2D eigenvalue weighted by molar-refractivity contribution is -0.144. The summed E-state index contributed by atoms with van der Waals surface area (Å²) in [5.41, 5.74) is 5.51. The molecule has 0 aliphatic carbocycles. The van der Waals surface area contributed by atoms with Crippen molar-refractivity contribution in [1.29, 1.82) is 0 Å². The van der Waals surface area contributed by atoms with E-state index in [1.807, 2.05) is 6.92 Å². The first kappa shape index (κ1) is 11.0. The van der Waals surface area contributed by atoms with Crippen LogP contribution in [0, 0.1) is 0 Å². The molecule has 1 saturated heterocycles. The number of hydrogen-bond donors (Lipinski definition) is 2. The quantitative estimate of drug-likeness (QED) is 0.603. The van der Waals surface area contributed by atoms with E-state index in [1.165, 1.54) is 0 Å². The molecule has 1 fully saturated rings. The van der Waals surface area contributed by atoms with Crippen LogP contribution in [0.3, 0.4) is 0 Å². The van der Waals surface area contributed by atoms with Gasteiger partial charge in [-0.3, -0.25) is 9.59 Å². The molecule has 0 bridgehead atoms. The third-order valence-corrected chi connectivity index (χ3v) is 2.39. The Hall–Kier alpha value is -1.10. The van der Waals surface area contributed by atoms with E-state index in [-0.39, 0.29) is 17.9 Å². The van der Waals surface area contributed by atoms with Crippen molar-refractivity contribution >= 4 is 11.8 Å². The Morgan fingerprint density at radius 3 is 2.93 bits per heavy atom. The molecule has 0 aromatic heterocycles. The van der Waals surface area contributed by atoms with Gasteiger partial charge in [-0.2, -0.15) is 0 Å². The number of nitrogens with zero attached hydrogens (tertiary/aromatic N) is 1. The van der Waals surface area contributed by atoms with E-state index >= 15 is 0 Å². The number of amides is 2. The van der Waals surface area contributed by atoms with Crippen LogP contribution in [0.25, 0.3) is 0 Å². The highest BCUT2D eigenvalue weighted by Crippen LogP contribution is 2.09. The molecular formula is C9H17N3O2. The number of piperazine rings is 1. The lowest BCUT2D eigenvalue weighted by atomic mass is 10.1. The minimum atomic E-state index is -0.532. The summed E-state index contributed by atoms with van der Waals surface area (Å²) in [6.07, 6.45) is 0.629. The minimum absolute atomic E-state index is 0.0762. The Morgan fingerprint density at radius 1 is 1.79 bits per heavy atom. The molecule has 2 amide bonds. The van der Waals surface area contributed by atoms with Gasteiger partial charge in [0.15, 0.2) is 0 Å². The van der Waals surface area contributed by atoms with E-state index < -0.39 is 6.04 Å². The molecule has 14 heavy (non-hydrogen) atoms. The van der Waals surface area contributed by atoms with Gasteiger partial charge in [-0.15, -0.1) is 0 Å². The highest BCUT2D eigenvalue weighted by molar-refractivity contribution is 5.90.